The third-order valence-corrected chi connectivity index (χ3v) is 3.31. The van der Waals surface area contributed by atoms with Gasteiger partial charge in [-0.25, -0.2) is 0 Å². The van der Waals surface area contributed by atoms with Crippen molar-refractivity contribution in [1.82, 2.24) is 5.32 Å². The second kappa shape index (κ2) is 8.06. The largest absolute Gasteiger partial charge is 0.376 e. The molecule has 2 unspecified atom stereocenters. The fourth-order valence-electron chi connectivity index (χ4n) is 2.31. The van der Waals surface area contributed by atoms with Crippen molar-refractivity contribution >= 4 is 0 Å². The molecule has 0 aromatic heterocycles. The van der Waals surface area contributed by atoms with Crippen molar-refractivity contribution in [1.29, 1.82) is 0 Å². The van der Waals surface area contributed by atoms with E-state index in [0.717, 1.165) is 25.9 Å². The smallest absolute Gasteiger partial charge is 0.345 e. The quantitative estimate of drug-likeness (QED) is 0.699. The summed E-state index contributed by atoms with van der Waals surface area (Å²) in [6.45, 7) is 0.473. The Balaban J connectivity index is 1.56. The van der Waals surface area contributed by atoms with Gasteiger partial charge in [0, 0.05) is 0 Å². The first kappa shape index (κ1) is 15.1. The van der Waals surface area contributed by atoms with Gasteiger partial charge in [-0.05, 0) is 25.9 Å². The number of piperidine rings is 1. The fourth-order valence-corrected chi connectivity index (χ4v) is 2.31. The van der Waals surface area contributed by atoms with E-state index in [4.69, 9.17) is 14.2 Å². The van der Waals surface area contributed by atoms with E-state index in [9.17, 15) is 8.78 Å². The van der Waals surface area contributed by atoms with Gasteiger partial charge in [-0.3, -0.25) is 0 Å². The Morgan fingerprint density at radius 1 is 1.05 bits per heavy atom. The lowest BCUT2D eigenvalue weighted by atomic mass is 10.1. The minimum atomic E-state index is -2.79. The minimum absolute atomic E-state index is 0.157. The van der Waals surface area contributed by atoms with Crippen molar-refractivity contribution in [3.63, 3.8) is 0 Å². The highest BCUT2D eigenvalue weighted by molar-refractivity contribution is 4.76. The van der Waals surface area contributed by atoms with Crippen LogP contribution >= 0.6 is 0 Å². The number of rotatable bonds is 7. The molecule has 2 rings (SSSR count). The van der Waals surface area contributed by atoms with Crippen molar-refractivity contribution in [2.75, 3.05) is 39.5 Å². The first-order valence-corrected chi connectivity index (χ1v) is 6.71. The molecule has 2 aliphatic rings. The number of ether oxygens (including phenoxy) is 4. The van der Waals surface area contributed by atoms with Gasteiger partial charge in [0.15, 0.2) is 0 Å². The van der Waals surface area contributed by atoms with Crippen LogP contribution in [0.15, 0.2) is 0 Å². The molecule has 0 aliphatic carbocycles. The molecule has 0 aromatic carbocycles. The van der Waals surface area contributed by atoms with Gasteiger partial charge in [-0.15, -0.1) is 0 Å². The third kappa shape index (κ3) is 5.27. The Morgan fingerprint density at radius 3 is 2.47 bits per heavy atom. The molecule has 2 aliphatic heterocycles. The first-order valence-electron chi connectivity index (χ1n) is 6.71. The third-order valence-electron chi connectivity index (χ3n) is 3.31. The maximum atomic E-state index is 12.1. The monoisotopic (exact) mass is 281 g/mol. The van der Waals surface area contributed by atoms with E-state index >= 15 is 0 Å². The fraction of sp³-hybridized carbons (Fsp3) is 1.00. The lowest BCUT2D eigenvalue weighted by Gasteiger charge is -2.23. The molecule has 0 aromatic rings. The Kier molecular flexibility index (Phi) is 6.39. The molecule has 0 saturated carbocycles. The normalized spacial score (nSPS) is 29.2. The summed E-state index contributed by atoms with van der Waals surface area (Å²) in [5.41, 5.74) is 0. The van der Waals surface area contributed by atoms with E-state index in [-0.39, 0.29) is 12.7 Å². The molecule has 2 saturated heterocycles. The Labute approximate surface area is 111 Å². The molecule has 0 bridgehead atoms. The van der Waals surface area contributed by atoms with E-state index in [1.807, 2.05) is 0 Å². The van der Waals surface area contributed by atoms with E-state index in [2.05, 4.69) is 10.1 Å². The van der Waals surface area contributed by atoms with Crippen molar-refractivity contribution < 1.29 is 27.7 Å². The zero-order chi connectivity index (χ0) is 13.5. The molecule has 19 heavy (non-hydrogen) atoms. The van der Waals surface area contributed by atoms with E-state index in [0.29, 0.717) is 19.8 Å². The van der Waals surface area contributed by atoms with Gasteiger partial charge >= 0.3 is 6.61 Å². The van der Waals surface area contributed by atoms with Gasteiger partial charge in [0.1, 0.15) is 12.2 Å². The van der Waals surface area contributed by atoms with Crippen LogP contribution in [0.25, 0.3) is 0 Å². The Hall–Kier alpha value is -0.340. The van der Waals surface area contributed by atoms with Crippen molar-refractivity contribution in [2.24, 2.45) is 0 Å². The van der Waals surface area contributed by atoms with Crippen LogP contribution in [0.1, 0.15) is 12.8 Å². The molecular weight excluding hydrogens is 260 g/mol. The molecule has 112 valence electrons. The highest BCUT2D eigenvalue weighted by atomic mass is 19.3. The first-order chi connectivity index (χ1) is 9.25. The van der Waals surface area contributed by atoms with E-state index in [1.165, 1.54) is 0 Å². The van der Waals surface area contributed by atoms with E-state index < -0.39 is 18.8 Å². The average Bonchev–Trinajstić information content (AvgIpc) is 2.82. The summed E-state index contributed by atoms with van der Waals surface area (Å²) in [4.78, 5) is 0. The average molecular weight is 281 g/mol. The summed E-state index contributed by atoms with van der Waals surface area (Å²) in [6, 6.07) is 0. The molecule has 0 spiro atoms. The van der Waals surface area contributed by atoms with Crippen LogP contribution in [-0.2, 0) is 18.9 Å². The number of nitrogens with one attached hydrogen (secondary N) is 1. The minimum Gasteiger partial charge on any atom is -0.376 e. The van der Waals surface area contributed by atoms with Gasteiger partial charge in [-0.1, -0.05) is 0 Å². The second-order valence-corrected chi connectivity index (χ2v) is 4.70. The Bertz CT molecular complexity index is 252. The zero-order valence-corrected chi connectivity index (χ0v) is 10.9. The number of hydrogen-bond donors (Lipinski definition) is 1. The van der Waals surface area contributed by atoms with Gasteiger partial charge in [0.05, 0.1) is 32.5 Å². The van der Waals surface area contributed by atoms with Crippen LogP contribution in [0, 0.1) is 0 Å². The van der Waals surface area contributed by atoms with Crippen LogP contribution in [0.4, 0.5) is 8.78 Å². The van der Waals surface area contributed by atoms with Crippen LogP contribution < -0.4 is 5.32 Å². The summed E-state index contributed by atoms with van der Waals surface area (Å²) in [7, 11) is 0. The van der Waals surface area contributed by atoms with E-state index in [1.54, 1.807) is 0 Å². The highest BCUT2D eigenvalue weighted by Crippen LogP contribution is 2.16. The zero-order valence-electron chi connectivity index (χ0n) is 10.9. The standard InChI is InChI=1S/C12H21F2NO4/c13-12(14)19-11-8-16-7-10(11)18-6-5-17-9-1-3-15-4-2-9/h9-12,15H,1-8H2. The Morgan fingerprint density at radius 2 is 1.74 bits per heavy atom. The van der Waals surface area contributed by atoms with Crippen LogP contribution in [0.5, 0.6) is 0 Å². The molecule has 5 nitrogen and oxygen atoms in total. The van der Waals surface area contributed by atoms with Gasteiger partial charge < -0.3 is 24.3 Å². The van der Waals surface area contributed by atoms with Gasteiger partial charge in [-0.2, -0.15) is 8.78 Å². The summed E-state index contributed by atoms with van der Waals surface area (Å²) >= 11 is 0. The van der Waals surface area contributed by atoms with Crippen LogP contribution in [0.3, 0.4) is 0 Å². The van der Waals surface area contributed by atoms with Crippen molar-refractivity contribution in [2.45, 2.75) is 37.8 Å². The predicted molar refractivity (Wildman–Crippen MR) is 63.3 cm³/mol. The molecule has 2 fully saturated rings. The topological polar surface area (TPSA) is 49.0 Å². The van der Waals surface area contributed by atoms with Crippen molar-refractivity contribution in [3.05, 3.63) is 0 Å². The molecule has 2 atom stereocenters. The lowest BCUT2D eigenvalue weighted by Crippen LogP contribution is -2.34. The maximum absolute atomic E-state index is 12.1. The molecule has 7 heteroatoms. The van der Waals surface area contributed by atoms with Crippen LogP contribution in [0.2, 0.25) is 0 Å². The number of halogens is 2. The second-order valence-electron chi connectivity index (χ2n) is 4.70. The number of alkyl halides is 2. The molecular formula is C12H21F2NO4. The summed E-state index contributed by atoms with van der Waals surface area (Å²) in [5, 5.41) is 3.26. The lowest BCUT2D eigenvalue weighted by molar-refractivity contribution is -0.185. The molecule has 2 heterocycles. The molecule has 0 amide bonds. The predicted octanol–water partition coefficient (Wildman–Crippen LogP) is 0.778. The summed E-state index contributed by atoms with van der Waals surface area (Å²) in [6.07, 6.45) is 1.18. The number of hydrogen-bond acceptors (Lipinski definition) is 5. The van der Waals surface area contributed by atoms with Crippen LogP contribution in [-0.4, -0.2) is 64.4 Å². The summed E-state index contributed by atoms with van der Waals surface area (Å²) < 4.78 is 44.9. The van der Waals surface area contributed by atoms with Crippen molar-refractivity contribution in [3.8, 4) is 0 Å². The SMILES string of the molecule is FC(F)OC1COCC1OCCOC1CCNCC1. The van der Waals surface area contributed by atoms with Gasteiger partial charge in [0.2, 0.25) is 0 Å². The summed E-state index contributed by atoms with van der Waals surface area (Å²) in [5.74, 6) is 0. The van der Waals surface area contributed by atoms with Gasteiger partial charge in [0.25, 0.3) is 0 Å². The molecule has 1 N–H and O–H groups in total. The maximum Gasteiger partial charge on any atom is 0.345 e. The highest BCUT2D eigenvalue weighted by Gasteiger charge is 2.32. The molecule has 0 radical (unpaired) electrons.